The molecule has 0 saturated carbocycles. The van der Waals surface area contributed by atoms with E-state index in [-0.39, 0.29) is 27.7 Å². The molecule has 1 aliphatic carbocycles. The van der Waals surface area contributed by atoms with Crippen LogP contribution in [-0.2, 0) is 14.4 Å². The van der Waals surface area contributed by atoms with Crippen LogP contribution in [0.2, 0.25) is 0 Å². The van der Waals surface area contributed by atoms with Crippen LogP contribution in [0.4, 0.5) is 0 Å². The predicted octanol–water partition coefficient (Wildman–Crippen LogP) is 0.437. The Morgan fingerprint density at radius 2 is 1.92 bits per heavy atom. The fourth-order valence-electron chi connectivity index (χ4n) is 0.822. The van der Waals surface area contributed by atoms with Gasteiger partial charge in [-0.15, -0.1) is 0 Å². The number of halogens is 1. The Bertz CT molecular complexity index is 354. The van der Waals surface area contributed by atoms with Crippen molar-refractivity contribution in [3.05, 3.63) is 22.3 Å². The van der Waals surface area contributed by atoms with Crippen molar-refractivity contribution >= 4 is 33.4 Å². The molecule has 1 N–H and O–H groups in total. The van der Waals surface area contributed by atoms with Crippen LogP contribution in [-0.4, -0.2) is 17.5 Å². The highest BCUT2D eigenvalue weighted by Gasteiger charge is 2.18. The van der Waals surface area contributed by atoms with Gasteiger partial charge in [0.2, 0.25) is 11.7 Å². The van der Waals surface area contributed by atoms with Gasteiger partial charge in [0.25, 0.3) is 0 Å². The second-order valence-electron chi connectivity index (χ2n) is 2.46. The van der Waals surface area contributed by atoms with Crippen molar-refractivity contribution in [1.29, 1.82) is 0 Å². The molecule has 1 rings (SSSR count). The molecule has 0 aliphatic heterocycles. The van der Waals surface area contributed by atoms with Crippen LogP contribution >= 0.6 is 15.9 Å². The maximum absolute atomic E-state index is 11.1. The van der Waals surface area contributed by atoms with Crippen molar-refractivity contribution in [2.75, 3.05) is 0 Å². The van der Waals surface area contributed by atoms with E-state index in [9.17, 15) is 14.4 Å². The third-order valence-electron chi connectivity index (χ3n) is 1.34. The van der Waals surface area contributed by atoms with Gasteiger partial charge < -0.3 is 5.32 Å². The van der Waals surface area contributed by atoms with E-state index in [1.165, 1.54) is 6.92 Å². The summed E-state index contributed by atoms with van der Waals surface area (Å²) < 4.78 is 0.201. The van der Waals surface area contributed by atoms with Crippen molar-refractivity contribution in [2.24, 2.45) is 0 Å². The Kier molecular flexibility index (Phi) is 2.77. The summed E-state index contributed by atoms with van der Waals surface area (Å²) in [6, 6.07) is 0. The van der Waals surface area contributed by atoms with Gasteiger partial charge in [-0.3, -0.25) is 14.4 Å². The second kappa shape index (κ2) is 3.66. The van der Waals surface area contributed by atoms with E-state index in [4.69, 9.17) is 0 Å². The van der Waals surface area contributed by atoms with Crippen LogP contribution in [0.15, 0.2) is 22.3 Å². The van der Waals surface area contributed by atoms with E-state index in [1.54, 1.807) is 0 Å². The molecule has 0 bridgehead atoms. The molecule has 1 amide bonds. The minimum atomic E-state index is -0.387. The minimum absolute atomic E-state index is 0.0145. The van der Waals surface area contributed by atoms with Gasteiger partial charge in [0.1, 0.15) is 0 Å². The van der Waals surface area contributed by atoms with Gasteiger partial charge in [-0.2, -0.15) is 0 Å². The van der Waals surface area contributed by atoms with Crippen molar-refractivity contribution < 1.29 is 14.4 Å². The lowest BCUT2D eigenvalue weighted by Gasteiger charge is -2.08. The normalized spacial score (nSPS) is 16.5. The molecule has 0 aromatic carbocycles. The number of nitrogens with one attached hydrogen (secondary N) is 1. The molecule has 13 heavy (non-hydrogen) atoms. The minimum Gasteiger partial charge on any atom is -0.323 e. The van der Waals surface area contributed by atoms with E-state index >= 15 is 0 Å². The Balaban J connectivity index is 2.89. The van der Waals surface area contributed by atoms with Gasteiger partial charge in [-0.25, -0.2) is 0 Å². The fourth-order valence-corrected chi connectivity index (χ4v) is 1.14. The Morgan fingerprint density at radius 3 is 2.46 bits per heavy atom. The first-order valence-corrected chi connectivity index (χ1v) is 4.25. The Morgan fingerprint density at radius 1 is 1.31 bits per heavy atom. The number of hydrogen-bond acceptors (Lipinski definition) is 3. The van der Waals surface area contributed by atoms with Gasteiger partial charge in [0, 0.05) is 19.1 Å². The Hall–Kier alpha value is -1.23. The number of hydrogen-bond donors (Lipinski definition) is 1. The van der Waals surface area contributed by atoms with E-state index in [0.717, 1.165) is 12.2 Å². The summed E-state index contributed by atoms with van der Waals surface area (Å²) in [4.78, 5) is 32.8. The van der Waals surface area contributed by atoms with Crippen LogP contribution in [0.25, 0.3) is 0 Å². The lowest BCUT2D eigenvalue weighted by Crippen LogP contribution is -2.27. The molecule has 0 heterocycles. The number of ketones is 2. The zero-order chi connectivity index (χ0) is 10.0. The smallest absolute Gasteiger partial charge is 0.221 e. The third kappa shape index (κ3) is 2.35. The molecule has 0 fully saturated rings. The SMILES string of the molecule is CC(=O)NC1=CC(=O)C(Br)=CC1=O. The lowest BCUT2D eigenvalue weighted by atomic mass is 10.1. The van der Waals surface area contributed by atoms with Gasteiger partial charge >= 0.3 is 0 Å². The molecule has 0 unspecified atom stereocenters. The maximum atomic E-state index is 11.1. The van der Waals surface area contributed by atoms with Gasteiger partial charge in [0.05, 0.1) is 10.2 Å². The van der Waals surface area contributed by atoms with E-state index in [1.807, 2.05) is 0 Å². The summed E-state index contributed by atoms with van der Waals surface area (Å²) in [5.74, 6) is -1.09. The topological polar surface area (TPSA) is 63.2 Å². The Labute approximate surface area is 82.8 Å². The molecule has 0 aromatic rings. The summed E-state index contributed by atoms with van der Waals surface area (Å²) in [6.07, 6.45) is 2.22. The maximum Gasteiger partial charge on any atom is 0.221 e. The molecular weight excluding hydrogens is 238 g/mol. The highest BCUT2D eigenvalue weighted by molar-refractivity contribution is 9.12. The molecule has 0 radical (unpaired) electrons. The van der Waals surface area contributed by atoms with E-state index in [2.05, 4.69) is 21.2 Å². The van der Waals surface area contributed by atoms with Crippen molar-refractivity contribution in [1.82, 2.24) is 5.32 Å². The average molecular weight is 244 g/mol. The van der Waals surface area contributed by atoms with Gasteiger partial charge in [0.15, 0.2) is 5.78 Å². The fraction of sp³-hybridized carbons (Fsp3) is 0.125. The highest BCUT2D eigenvalue weighted by atomic mass is 79.9. The van der Waals surface area contributed by atoms with E-state index < -0.39 is 0 Å². The molecule has 4 nitrogen and oxygen atoms in total. The molecule has 0 saturated heterocycles. The molecule has 5 heteroatoms. The number of carbonyl (C=O) groups excluding carboxylic acids is 3. The third-order valence-corrected chi connectivity index (χ3v) is 1.96. The van der Waals surface area contributed by atoms with Crippen molar-refractivity contribution in [2.45, 2.75) is 6.92 Å². The van der Waals surface area contributed by atoms with Crippen molar-refractivity contribution in [3.63, 3.8) is 0 Å². The monoisotopic (exact) mass is 243 g/mol. The van der Waals surface area contributed by atoms with Crippen LogP contribution < -0.4 is 5.32 Å². The van der Waals surface area contributed by atoms with Crippen LogP contribution in [0, 0.1) is 0 Å². The van der Waals surface area contributed by atoms with Crippen LogP contribution in [0.3, 0.4) is 0 Å². The van der Waals surface area contributed by atoms with Crippen LogP contribution in [0.5, 0.6) is 0 Å². The summed E-state index contributed by atoms with van der Waals surface area (Å²) in [6.45, 7) is 1.27. The molecular formula is C8H6BrNO3. The molecule has 1 aliphatic rings. The number of carbonyl (C=O) groups is 3. The number of rotatable bonds is 1. The first kappa shape index (κ1) is 9.85. The highest BCUT2D eigenvalue weighted by Crippen LogP contribution is 2.14. The standard InChI is InChI=1S/C8H6BrNO3/c1-4(11)10-6-3-7(12)5(9)2-8(6)13/h2-3H,1H3,(H,10,11). The van der Waals surface area contributed by atoms with Crippen LogP contribution in [0.1, 0.15) is 6.92 Å². The van der Waals surface area contributed by atoms with Gasteiger partial charge in [-0.1, -0.05) is 0 Å². The quantitative estimate of drug-likeness (QED) is 0.680. The molecule has 0 aromatic heterocycles. The van der Waals surface area contributed by atoms with Gasteiger partial charge in [-0.05, 0) is 15.9 Å². The second-order valence-corrected chi connectivity index (χ2v) is 3.31. The lowest BCUT2D eigenvalue weighted by molar-refractivity contribution is -0.120. The zero-order valence-electron chi connectivity index (χ0n) is 6.76. The number of amides is 1. The summed E-state index contributed by atoms with van der Waals surface area (Å²) in [7, 11) is 0. The molecule has 0 atom stereocenters. The zero-order valence-corrected chi connectivity index (χ0v) is 8.34. The predicted molar refractivity (Wildman–Crippen MR) is 48.9 cm³/mol. The summed E-state index contributed by atoms with van der Waals surface area (Å²) in [5, 5.41) is 2.27. The first-order valence-electron chi connectivity index (χ1n) is 3.46. The molecule has 68 valence electrons. The first-order chi connectivity index (χ1) is 6.00. The van der Waals surface area contributed by atoms with E-state index in [0.29, 0.717) is 0 Å². The summed E-state index contributed by atoms with van der Waals surface area (Å²) in [5.41, 5.74) is 0.0145. The largest absolute Gasteiger partial charge is 0.323 e. The van der Waals surface area contributed by atoms with Crippen molar-refractivity contribution in [3.8, 4) is 0 Å². The number of allylic oxidation sites excluding steroid dienone is 3. The summed E-state index contributed by atoms with van der Waals surface area (Å²) >= 11 is 2.92. The molecule has 0 spiro atoms. The average Bonchev–Trinajstić information content (AvgIpc) is 1.99.